The SMILES string of the molecule is C=C/C(=C\N=CC)C(=O)Nc1c(N)[nH]c(=O)n(CCC)c1=O. The second-order valence-electron chi connectivity index (χ2n) is 4.33. The summed E-state index contributed by atoms with van der Waals surface area (Å²) in [4.78, 5) is 42.2. The van der Waals surface area contributed by atoms with Gasteiger partial charge in [0.2, 0.25) is 0 Å². The fraction of sp³-hybridized carbons (Fsp3) is 0.286. The molecule has 8 heteroatoms. The Kier molecular flexibility index (Phi) is 6.06. The number of aliphatic imine (C=N–C) groups is 1. The van der Waals surface area contributed by atoms with Crippen LogP contribution in [0.5, 0.6) is 0 Å². The van der Waals surface area contributed by atoms with Crippen LogP contribution in [0.4, 0.5) is 11.5 Å². The quantitative estimate of drug-likeness (QED) is 0.405. The number of hydrogen-bond donors (Lipinski definition) is 3. The summed E-state index contributed by atoms with van der Waals surface area (Å²) in [5, 5.41) is 2.38. The topological polar surface area (TPSA) is 122 Å². The number of nitrogens with one attached hydrogen (secondary N) is 2. The maximum absolute atomic E-state index is 12.2. The Bertz CT molecular complexity index is 740. The van der Waals surface area contributed by atoms with Crippen LogP contribution in [0.1, 0.15) is 20.3 Å². The van der Waals surface area contributed by atoms with Crippen molar-refractivity contribution in [1.29, 1.82) is 0 Å². The number of nitrogens with two attached hydrogens (primary N) is 1. The van der Waals surface area contributed by atoms with Crippen LogP contribution in [0, 0.1) is 0 Å². The molecule has 0 aromatic carbocycles. The third-order valence-electron chi connectivity index (χ3n) is 2.75. The summed E-state index contributed by atoms with van der Waals surface area (Å²) in [5.74, 6) is -0.794. The molecule has 0 aliphatic heterocycles. The molecule has 22 heavy (non-hydrogen) atoms. The highest BCUT2D eigenvalue weighted by molar-refractivity contribution is 6.06. The molecular weight excluding hydrogens is 286 g/mol. The first-order valence-electron chi connectivity index (χ1n) is 6.70. The van der Waals surface area contributed by atoms with Crippen molar-refractivity contribution in [2.24, 2.45) is 4.99 Å². The van der Waals surface area contributed by atoms with Crippen molar-refractivity contribution in [3.63, 3.8) is 0 Å². The Hall–Kier alpha value is -2.90. The molecule has 0 aliphatic carbocycles. The lowest BCUT2D eigenvalue weighted by atomic mass is 10.2. The van der Waals surface area contributed by atoms with Gasteiger partial charge in [0.15, 0.2) is 0 Å². The molecule has 0 radical (unpaired) electrons. The summed E-state index contributed by atoms with van der Waals surface area (Å²) in [6.07, 6.45) is 4.69. The van der Waals surface area contributed by atoms with Crippen LogP contribution in [0.15, 0.2) is 39.0 Å². The second-order valence-corrected chi connectivity index (χ2v) is 4.33. The number of hydrogen-bond acceptors (Lipinski definition) is 5. The van der Waals surface area contributed by atoms with Gasteiger partial charge in [0.05, 0.1) is 5.57 Å². The lowest BCUT2D eigenvalue weighted by Gasteiger charge is -2.10. The number of carbonyl (C=O) groups excluding carboxylic acids is 1. The van der Waals surface area contributed by atoms with Crippen molar-refractivity contribution in [3.05, 3.63) is 45.3 Å². The van der Waals surface area contributed by atoms with E-state index in [-0.39, 0.29) is 23.6 Å². The van der Waals surface area contributed by atoms with Crippen LogP contribution in [0.25, 0.3) is 0 Å². The van der Waals surface area contributed by atoms with Crippen LogP contribution in [-0.2, 0) is 11.3 Å². The van der Waals surface area contributed by atoms with Gasteiger partial charge in [-0.2, -0.15) is 0 Å². The Morgan fingerprint density at radius 3 is 2.73 bits per heavy atom. The summed E-state index contributed by atoms with van der Waals surface area (Å²) in [6.45, 7) is 7.25. The summed E-state index contributed by atoms with van der Waals surface area (Å²) < 4.78 is 0.980. The standard InChI is InChI=1S/C14H19N5O3/c1-4-7-19-13(21)10(11(15)18-14(19)22)17-12(20)9(5-2)8-16-6-3/h5-6,8H,2,4,7,15H2,1,3H3,(H,17,20)(H,18,22)/b9-8+,16-6?. The molecule has 118 valence electrons. The van der Waals surface area contributed by atoms with E-state index in [1.807, 2.05) is 6.92 Å². The van der Waals surface area contributed by atoms with Gasteiger partial charge in [-0.3, -0.25) is 24.1 Å². The molecule has 0 saturated heterocycles. The smallest absolute Gasteiger partial charge is 0.330 e. The zero-order valence-corrected chi connectivity index (χ0v) is 12.5. The predicted octanol–water partition coefficient (Wildman–Crippen LogP) is 0.628. The number of aromatic nitrogens is 2. The zero-order valence-electron chi connectivity index (χ0n) is 12.5. The maximum atomic E-state index is 12.2. The highest BCUT2D eigenvalue weighted by Gasteiger charge is 2.15. The molecule has 4 N–H and O–H groups in total. The number of amides is 1. The van der Waals surface area contributed by atoms with Crippen molar-refractivity contribution >= 4 is 23.6 Å². The Balaban J connectivity index is 3.26. The van der Waals surface area contributed by atoms with Crippen molar-refractivity contribution in [1.82, 2.24) is 9.55 Å². The fourth-order valence-corrected chi connectivity index (χ4v) is 1.68. The molecule has 8 nitrogen and oxygen atoms in total. The third kappa shape index (κ3) is 3.81. The van der Waals surface area contributed by atoms with Gasteiger partial charge < -0.3 is 11.1 Å². The number of rotatable bonds is 6. The summed E-state index contributed by atoms with van der Waals surface area (Å²) >= 11 is 0. The van der Waals surface area contributed by atoms with E-state index in [0.717, 1.165) is 4.57 Å². The van der Waals surface area contributed by atoms with E-state index >= 15 is 0 Å². The Morgan fingerprint density at radius 1 is 1.50 bits per heavy atom. The molecule has 0 fully saturated rings. The van der Waals surface area contributed by atoms with Gasteiger partial charge in [0.1, 0.15) is 11.5 Å². The molecule has 1 amide bonds. The Morgan fingerprint density at radius 2 is 2.18 bits per heavy atom. The zero-order chi connectivity index (χ0) is 16.7. The Labute approximate surface area is 127 Å². The number of anilines is 2. The van der Waals surface area contributed by atoms with E-state index in [9.17, 15) is 14.4 Å². The van der Waals surface area contributed by atoms with E-state index in [1.54, 1.807) is 6.92 Å². The number of aromatic amines is 1. The normalized spacial score (nSPS) is 11.6. The minimum atomic E-state index is -0.654. The van der Waals surface area contributed by atoms with Crippen LogP contribution in [0.2, 0.25) is 0 Å². The summed E-state index contributed by atoms with van der Waals surface area (Å²) in [6, 6.07) is 0. The average molecular weight is 305 g/mol. The second kappa shape index (κ2) is 7.77. The van der Waals surface area contributed by atoms with Crippen LogP contribution in [0.3, 0.4) is 0 Å². The maximum Gasteiger partial charge on any atom is 0.330 e. The van der Waals surface area contributed by atoms with Gasteiger partial charge in [-0.25, -0.2) is 4.79 Å². The van der Waals surface area contributed by atoms with Crippen LogP contribution in [-0.4, -0.2) is 21.7 Å². The average Bonchev–Trinajstić information content (AvgIpc) is 2.48. The number of carbonyl (C=O) groups is 1. The predicted molar refractivity (Wildman–Crippen MR) is 87.1 cm³/mol. The first-order chi connectivity index (χ1) is 10.5. The summed E-state index contributed by atoms with van der Waals surface area (Å²) in [7, 11) is 0. The van der Waals surface area contributed by atoms with Crippen molar-refractivity contribution < 1.29 is 4.79 Å². The van der Waals surface area contributed by atoms with E-state index in [4.69, 9.17) is 5.73 Å². The number of nitrogen functional groups attached to an aromatic ring is 1. The molecule has 1 aromatic rings. The van der Waals surface area contributed by atoms with E-state index < -0.39 is 17.2 Å². The molecule has 1 rings (SSSR count). The molecule has 0 spiro atoms. The summed E-state index contributed by atoms with van der Waals surface area (Å²) in [5.41, 5.74) is 4.33. The highest BCUT2D eigenvalue weighted by Crippen LogP contribution is 2.09. The van der Waals surface area contributed by atoms with Gasteiger partial charge in [0.25, 0.3) is 11.5 Å². The fourth-order valence-electron chi connectivity index (χ4n) is 1.68. The largest absolute Gasteiger partial charge is 0.383 e. The minimum absolute atomic E-state index is 0.158. The highest BCUT2D eigenvalue weighted by atomic mass is 16.2. The first-order valence-corrected chi connectivity index (χ1v) is 6.70. The lowest BCUT2D eigenvalue weighted by Crippen LogP contribution is -2.38. The molecular formula is C14H19N5O3. The first kappa shape index (κ1) is 17.2. The monoisotopic (exact) mass is 305 g/mol. The number of nitrogens with zero attached hydrogens (tertiary/aromatic N) is 2. The molecule has 1 aromatic heterocycles. The van der Waals surface area contributed by atoms with Crippen LogP contribution < -0.4 is 22.3 Å². The third-order valence-corrected chi connectivity index (χ3v) is 2.75. The van der Waals surface area contributed by atoms with Gasteiger partial charge in [-0.1, -0.05) is 19.6 Å². The van der Waals surface area contributed by atoms with Gasteiger partial charge in [-0.15, -0.1) is 0 Å². The van der Waals surface area contributed by atoms with E-state index in [1.165, 1.54) is 18.5 Å². The molecule has 1 heterocycles. The lowest BCUT2D eigenvalue weighted by molar-refractivity contribution is -0.112. The molecule has 0 unspecified atom stereocenters. The van der Waals surface area contributed by atoms with E-state index in [0.29, 0.717) is 6.42 Å². The molecule has 0 atom stereocenters. The van der Waals surface area contributed by atoms with Crippen molar-refractivity contribution in [2.75, 3.05) is 11.1 Å². The molecule has 0 bridgehead atoms. The molecule has 0 saturated carbocycles. The molecule has 0 aliphatic rings. The van der Waals surface area contributed by atoms with Gasteiger partial charge >= 0.3 is 5.69 Å². The number of H-pyrrole nitrogens is 1. The van der Waals surface area contributed by atoms with Crippen molar-refractivity contribution in [3.8, 4) is 0 Å². The van der Waals surface area contributed by atoms with Gasteiger partial charge in [0, 0.05) is 19.0 Å². The van der Waals surface area contributed by atoms with Crippen molar-refractivity contribution in [2.45, 2.75) is 26.8 Å². The minimum Gasteiger partial charge on any atom is -0.383 e. The van der Waals surface area contributed by atoms with E-state index in [2.05, 4.69) is 21.9 Å². The van der Waals surface area contributed by atoms with Crippen LogP contribution >= 0.6 is 0 Å². The van der Waals surface area contributed by atoms with Gasteiger partial charge in [-0.05, 0) is 13.3 Å².